The van der Waals surface area contributed by atoms with Crippen molar-refractivity contribution in [3.8, 4) is 5.75 Å². The van der Waals surface area contributed by atoms with Gasteiger partial charge in [0.2, 0.25) is 11.8 Å². The van der Waals surface area contributed by atoms with Crippen molar-refractivity contribution < 1.29 is 38.1 Å². The molecule has 0 spiro atoms. The lowest BCUT2D eigenvalue weighted by atomic mass is 9.76. The molecular formula is C38H53N5O8. The van der Waals surface area contributed by atoms with E-state index < -0.39 is 11.7 Å². The zero-order chi connectivity index (χ0) is 36.2. The minimum atomic E-state index is -0.559. The monoisotopic (exact) mass is 707 g/mol. The van der Waals surface area contributed by atoms with Crippen LogP contribution in [0.3, 0.4) is 0 Å². The van der Waals surface area contributed by atoms with Crippen LogP contribution in [0.15, 0.2) is 54.6 Å². The van der Waals surface area contributed by atoms with Crippen LogP contribution in [0.2, 0.25) is 0 Å². The SMILES string of the molecule is CC(C)(C)OC(=O)NCCOCCC(=O)NCCOc1cccc([C@H](c2ccccc2)C2CCN(C(=O)N3CCC4OCC(=O)NC4C3)CC2)c1. The lowest BCUT2D eigenvalue weighted by Gasteiger charge is -2.44. The molecule has 3 aliphatic rings. The van der Waals surface area contributed by atoms with Crippen LogP contribution in [0.5, 0.6) is 5.75 Å². The number of benzene rings is 2. The summed E-state index contributed by atoms with van der Waals surface area (Å²) in [6.45, 7) is 9.43. The first-order chi connectivity index (χ1) is 24.6. The van der Waals surface area contributed by atoms with Crippen LogP contribution in [-0.4, -0.2) is 117 Å². The highest BCUT2D eigenvalue weighted by Gasteiger charge is 2.38. The molecule has 13 heteroatoms. The summed E-state index contributed by atoms with van der Waals surface area (Å²) in [6.07, 6.45) is 2.14. The van der Waals surface area contributed by atoms with E-state index in [0.717, 1.165) is 30.6 Å². The molecule has 0 aromatic heterocycles. The number of alkyl carbamates (subject to hydrolysis) is 1. The number of nitrogens with zero attached hydrogens (tertiary/aromatic N) is 2. The van der Waals surface area contributed by atoms with Gasteiger partial charge in [-0.3, -0.25) is 9.59 Å². The third-order valence-corrected chi connectivity index (χ3v) is 9.33. The van der Waals surface area contributed by atoms with Crippen LogP contribution < -0.4 is 20.7 Å². The number of likely N-dealkylation sites (tertiary alicyclic amines) is 2. The number of fused-ring (bicyclic) bond motifs is 1. The summed E-state index contributed by atoms with van der Waals surface area (Å²) in [5.74, 6) is 0.939. The van der Waals surface area contributed by atoms with Gasteiger partial charge in [0.05, 0.1) is 31.9 Å². The van der Waals surface area contributed by atoms with Crippen LogP contribution in [0, 0.1) is 5.92 Å². The summed E-state index contributed by atoms with van der Waals surface area (Å²) >= 11 is 0. The molecule has 0 aliphatic carbocycles. The quantitative estimate of drug-likeness (QED) is 0.268. The fourth-order valence-corrected chi connectivity index (χ4v) is 6.95. The first-order valence-corrected chi connectivity index (χ1v) is 18.1. The Morgan fingerprint density at radius 1 is 0.902 bits per heavy atom. The third-order valence-electron chi connectivity index (χ3n) is 9.33. The van der Waals surface area contributed by atoms with Crippen LogP contribution in [-0.2, 0) is 23.8 Å². The molecule has 3 heterocycles. The number of urea groups is 1. The molecule has 3 aliphatic heterocycles. The highest BCUT2D eigenvalue weighted by molar-refractivity contribution is 5.79. The highest BCUT2D eigenvalue weighted by Crippen LogP contribution is 2.39. The minimum Gasteiger partial charge on any atom is -0.492 e. The standard InChI is InChI=1S/C38H53N5O8/c1-38(2,3)51-36(46)40-16-22-48-21-15-33(44)39-17-23-49-30-11-7-10-29(24-30)35(27-8-5-4-6-9-27)28-12-18-42(19-13-28)37(47)43-20-14-32-31(25-43)41-34(45)26-50-32/h4-11,24,28,31-32,35H,12-23,25-26H2,1-3H3,(H,39,44)(H,40,46)(H,41,45)/t31?,32?,35-/m1/s1. The van der Waals surface area contributed by atoms with E-state index in [-0.39, 0.29) is 62.2 Å². The van der Waals surface area contributed by atoms with Gasteiger partial charge in [-0.25, -0.2) is 9.59 Å². The van der Waals surface area contributed by atoms with Crippen LogP contribution in [0.4, 0.5) is 9.59 Å². The lowest BCUT2D eigenvalue weighted by Crippen LogP contribution is -2.62. The number of piperidine rings is 2. The molecule has 3 saturated heterocycles. The predicted octanol–water partition coefficient (Wildman–Crippen LogP) is 3.67. The van der Waals surface area contributed by atoms with Crippen LogP contribution in [0.25, 0.3) is 0 Å². The summed E-state index contributed by atoms with van der Waals surface area (Å²) in [5.41, 5.74) is 1.82. The van der Waals surface area contributed by atoms with E-state index in [2.05, 4.69) is 52.3 Å². The van der Waals surface area contributed by atoms with Gasteiger partial charge in [0, 0.05) is 45.1 Å². The normalized spacial score (nSPS) is 20.1. The zero-order valence-corrected chi connectivity index (χ0v) is 30.1. The Morgan fingerprint density at radius 3 is 2.39 bits per heavy atom. The Hall–Kier alpha value is -4.36. The van der Waals surface area contributed by atoms with Crippen molar-refractivity contribution in [3.05, 3.63) is 65.7 Å². The van der Waals surface area contributed by atoms with E-state index in [1.54, 1.807) is 20.8 Å². The van der Waals surface area contributed by atoms with Gasteiger partial charge in [-0.05, 0) is 69.2 Å². The molecule has 0 bridgehead atoms. The molecule has 2 aromatic rings. The summed E-state index contributed by atoms with van der Waals surface area (Å²) < 4.78 is 22.3. The molecule has 2 unspecified atom stereocenters. The zero-order valence-electron chi connectivity index (χ0n) is 30.1. The molecule has 0 saturated carbocycles. The number of carbonyl (C=O) groups is 4. The largest absolute Gasteiger partial charge is 0.492 e. The Kier molecular flexibility index (Phi) is 13.5. The molecule has 5 rings (SSSR count). The van der Waals surface area contributed by atoms with Gasteiger partial charge in [0.25, 0.3) is 0 Å². The van der Waals surface area contributed by atoms with Crippen molar-refractivity contribution in [2.24, 2.45) is 5.92 Å². The highest BCUT2D eigenvalue weighted by atomic mass is 16.6. The maximum atomic E-state index is 13.5. The van der Waals surface area contributed by atoms with E-state index in [0.29, 0.717) is 51.8 Å². The molecule has 3 fully saturated rings. The second kappa shape index (κ2) is 18.2. The van der Waals surface area contributed by atoms with Crippen molar-refractivity contribution in [1.29, 1.82) is 0 Å². The molecule has 5 amide bonds. The summed E-state index contributed by atoms with van der Waals surface area (Å²) in [4.78, 5) is 53.1. The fourth-order valence-electron chi connectivity index (χ4n) is 6.95. The molecule has 0 radical (unpaired) electrons. The Bertz CT molecular complexity index is 1460. The number of nitrogens with one attached hydrogen (secondary N) is 3. The maximum absolute atomic E-state index is 13.5. The van der Waals surface area contributed by atoms with Gasteiger partial charge < -0.3 is 44.7 Å². The van der Waals surface area contributed by atoms with Gasteiger partial charge in [-0.2, -0.15) is 0 Å². The van der Waals surface area contributed by atoms with Crippen molar-refractivity contribution in [1.82, 2.24) is 25.8 Å². The number of hydrogen-bond donors (Lipinski definition) is 3. The second-order valence-corrected chi connectivity index (χ2v) is 14.3. The average molecular weight is 708 g/mol. The third kappa shape index (κ3) is 11.6. The smallest absolute Gasteiger partial charge is 0.407 e. The van der Waals surface area contributed by atoms with Crippen LogP contribution >= 0.6 is 0 Å². The molecule has 3 N–H and O–H groups in total. The first-order valence-electron chi connectivity index (χ1n) is 18.1. The summed E-state index contributed by atoms with van der Waals surface area (Å²) in [6, 6.07) is 18.5. The maximum Gasteiger partial charge on any atom is 0.407 e. The van der Waals surface area contributed by atoms with Gasteiger partial charge in [-0.1, -0.05) is 42.5 Å². The first kappa shape index (κ1) is 37.9. The topological polar surface area (TPSA) is 148 Å². The lowest BCUT2D eigenvalue weighted by molar-refractivity contribution is -0.139. The van der Waals surface area contributed by atoms with Crippen molar-refractivity contribution in [3.63, 3.8) is 0 Å². The number of ether oxygens (including phenoxy) is 4. The molecule has 13 nitrogen and oxygen atoms in total. The number of carbonyl (C=O) groups excluding carboxylic acids is 4. The molecule has 51 heavy (non-hydrogen) atoms. The van der Waals surface area contributed by atoms with E-state index in [1.165, 1.54) is 5.56 Å². The molecule has 3 atom stereocenters. The van der Waals surface area contributed by atoms with Crippen molar-refractivity contribution in [2.75, 3.05) is 65.7 Å². The average Bonchev–Trinajstić information content (AvgIpc) is 3.11. The van der Waals surface area contributed by atoms with E-state index in [1.807, 2.05) is 28.0 Å². The number of hydrogen-bond acceptors (Lipinski definition) is 8. The summed E-state index contributed by atoms with van der Waals surface area (Å²) in [7, 11) is 0. The Balaban J connectivity index is 1.06. The molecule has 2 aromatic carbocycles. The van der Waals surface area contributed by atoms with Gasteiger partial charge in [0.1, 0.15) is 24.6 Å². The van der Waals surface area contributed by atoms with Crippen molar-refractivity contribution in [2.45, 2.75) is 70.1 Å². The van der Waals surface area contributed by atoms with E-state index in [9.17, 15) is 19.2 Å². The molecular weight excluding hydrogens is 654 g/mol. The van der Waals surface area contributed by atoms with E-state index in [4.69, 9.17) is 18.9 Å². The van der Waals surface area contributed by atoms with Gasteiger partial charge in [-0.15, -0.1) is 0 Å². The predicted molar refractivity (Wildman–Crippen MR) is 190 cm³/mol. The number of rotatable bonds is 13. The summed E-state index contributed by atoms with van der Waals surface area (Å²) in [5, 5.41) is 8.46. The van der Waals surface area contributed by atoms with E-state index >= 15 is 0 Å². The second-order valence-electron chi connectivity index (χ2n) is 14.3. The van der Waals surface area contributed by atoms with Gasteiger partial charge >= 0.3 is 12.1 Å². The fraction of sp³-hybridized carbons (Fsp3) is 0.579. The Labute approximate surface area is 300 Å². The Morgan fingerprint density at radius 2 is 1.63 bits per heavy atom. The molecule has 278 valence electrons. The number of morpholine rings is 1. The number of amides is 5. The minimum absolute atomic E-state index is 0.0265. The van der Waals surface area contributed by atoms with Crippen LogP contribution in [0.1, 0.15) is 63.5 Å². The van der Waals surface area contributed by atoms with Crippen molar-refractivity contribution >= 4 is 23.9 Å². The van der Waals surface area contributed by atoms with Gasteiger partial charge in [0.15, 0.2) is 0 Å².